The molecule has 1 aliphatic rings. The van der Waals surface area contributed by atoms with Gasteiger partial charge in [-0.15, -0.1) is 0 Å². The van der Waals surface area contributed by atoms with Crippen molar-refractivity contribution in [3.8, 4) is 0 Å². The number of aromatic amines is 1. The third-order valence-corrected chi connectivity index (χ3v) is 3.99. The van der Waals surface area contributed by atoms with Gasteiger partial charge < -0.3 is 10.7 Å². The topological polar surface area (TPSA) is 67.6 Å². The molecule has 0 amide bonds. The first kappa shape index (κ1) is 10.1. The number of halogens is 1. The first-order valence-electron chi connectivity index (χ1n) is 5.26. The number of rotatable bonds is 1. The van der Waals surface area contributed by atoms with Gasteiger partial charge >= 0.3 is 0 Å². The first-order valence-corrected chi connectivity index (χ1v) is 5.64. The van der Waals surface area contributed by atoms with Crippen LogP contribution in [0.15, 0.2) is 12.5 Å². The normalized spacial score (nSPS) is 27.2. The Kier molecular flexibility index (Phi) is 1.86. The van der Waals surface area contributed by atoms with Crippen molar-refractivity contribution in [3.05, 3.63) is 23.2 Å². The van der Waals surface area contributed by atoms with E-state index in [4.69, 9.17) is 17.3 Å². The second-order valence-electron chi connectivity index (χ2n) is 4.96. The number of fused-ring (bicyclic) bond motifs is 1. The standard InChI is InChI=1S/C11H13ClN4/c1-11(2)7(8(11)13)5-3-14-10-6(5)9(12)15-4-16-10/h3-4,7-8H,13H2,1-2H3,(H,14,15,16). The van der Waals surface area contributed by atoms with Crippen molar-refractivity contribution in [3.63, 3.8) is 0 Å². The summed E-state index contributed by atoms with van der Waals surface area (Å²) in [5.41, 5.74) is 8.13. The molecule has 1 fully saturated rings. The molecule has 16 heavy (non-hydrogen) atoms. The van der Waals surface area contributed by atoms with E-state index in [1.54, 1.807) is 0 Å². The molecule has 0 saturated heterocycles. The quantitative estimate of drug-likeness (QED) is 0.745. The molecule has 2 aromatic rings. The summed E-state index contributed by atoms with van der Waals surface area (Å²) in [6, 6.07) is 0.183. The van der Waals surface area contributed by atoms with Gasteiger partial charge in [0.25, 0.3) is 0 Å². The van der Waals surface area contributed by atoms with Gasteiger partial charge in [0.05, 0.1) is 5.39 Å². The monoisotopic (exact) mass is 236 g/mol. The Morgan fingerprint density at radius 3 is 2.75 bits per heavy atom. The van der Waals surface area contributed by atoms with Crippen LogP contribution in [0.5, 0.6) is 0 Å². The van der Waals surface area contributed by atoms with Gasteiger partial charge in [-0.3, -0.25) is 0 Å². The van der Waals surface area contributed by atoms with E-state index in [1.165, 1.54) is 6.33 Å². The molecular weight excluding hydrogens is 224 g/mol. The van der Waals surface area contributed by atoms with E-state index in [-0.39, 0.29) is 11.5 Å². The fraction of sp³-hybridized carbons (Fsp3) is 0.455. The lowest BCUT2D eigenvalue weighted by Crippen LogP contribution is -2.06. The lowest BCUT2D eigenvalue weighted by atomic mass is 10.0. The van der Waals surface area contributed by atoms with Crippen LogP contribution >= 0.6 is 11.6 Å². The maximum Gasteiger partial charge on any atom is 0.142 e. The molecule has 4 nitrogen and oxygen atoms in total. The van der Waals surface area contributed by atoms with Crippen molar-refractivity contribution in [2.45, 2.75) is 25.8 Å². The Labute approximate surface area is 98.2 Å². The number of hydrogen-bond donors (Lipinski definition) is 2. The van der Waals surface area contributed by atoms with Gasteiger partial charge in [-0.25, -0.2) is 9.97 Å². The van der Waals surface area contributed by atoms with Crippen LogP contribution < -0.4 is 5.73 Å². The number of nitrogens with zero attached hydrogens (tertiary/aromatic N) is 2. The molecule has 2 atom stereocenters. The van der Waals surface area contributed by atoms with Gasteiger partial charge in [-0.2, -0.15) is 0 Å². The third kappa shape index (κ3) is 1.14. The molecule has 0 aliphatic heterocycles. The van der Waals surface area contributed by atoms with Crippen LogP contribution in [0.1, 0.15) is 25.3 Å². The fourth-order valence-electron chi connectivity index (χ4n) is 2.46. The Hall–Kier alpha value is -1.13. The van der Waals surface area contributed by atoms with E-state index in [0.29, 0.717) is 11.1 Å². The number of hydrogen-bond acceptors (Lipinski definition) is 3. The third-order valence-electron chi connectivity index (χ3n) is 3.70. The highest BCUT2D eigenvalue weighted by Gasteiger charge is 2.57. The maximum atomic E-state index is 6.10. The van der Waals surface area contributed by atoms with E-state index in [1.807, 2.05) is 6.20 Å². The zero-order valence-corrected chi connectivity index (χ0v) is 9.92. The molecule has 3 N–H and O–H groups in total. The van der Waals surface area contributed by atoms with Crippen LogP contribution in [0.3, 0.4) is 0 Å². The minimum atomic E-state index is 0.133. The van der Waals surface area contributed by atoms with Crippen molar-refractivity contribution in [2.75, 3.05) is 0 Å². The average molecular weight is 237 g/mol. The van der Waals surface area contributed by atoms with Crippen LogP contribution in [0.4, 0.5) is 0 Å². The minimum absolute atomic E-state index is 0.133. The summed E-state index contributed by atoms with van der Waals surface area (Å²) < 4.78 is 0. The molecule has 0 spiro atoms. The van der Waals surface area contributed by atoms with Gasteiger partial charge in [-0.05, 0) is 11.0 Å². The summed E-state index contributed by atoms with van der Waals surface area (Å²) in [5.74, 6) is 0.338. The van der Waals surface area contributed by atoms with Gasteiger partial charge in [-0.1, -0.05) is 25.4 Å². The molecule has 84 valence electrons. The van der Waals surface area contributed by atoms with E-state index in [0.717, 1.165) is 16.6 Å². The molecule has 3 rings (SSSR count). The minimum Gasteiger partial charge on any atom is -0.346 e. The van der Waals surface area contributed by atoms with E-state index < -0.39 is 0 Å². The second-order valence-corrected chi connectivity index (χ2v) is 5.31. The molecule has 2 aromatic heterocycles. The summed E-state index contributed by atoms with van der Waals surface area (Å²) >= 11 is 6.10. The van der Waals surface area contributed by atoms with Gasteiger partial charge in [0.1, 0.15) is 17.1 Å². The van der Waals surface area contributed by atoms with E-state index >= 15 is 0 Å². The molecule has 1 saturated carbocycles. The maximum absolute atomic E-state index is 6.10. The van der Waals surface area contributed by atoms with Gasteiger partial charge in [0.15, 0.2) is 0 Å². The van der Waals surface area contributed by atoms with Gasteiger partial charge in [0, 0.05) is 18.2 Å². The van der Waals surface area contributed by atoms with Crippen molar-refractivity contribution in [1.82, 2.24) is 15.0 Å². The van der Waals surface area contributed by atoms with Crippen molar-refractivity contribution >= 4 is 22.6 Å². The number of aromatic nitrogens is 3. The highest BCUT2D eigenvalue weighted by Crippen LogP contribution is 2.58. The first-order chi connectivity index (χ1) is 7.53. The molecule has 0 aromatic carbocycles. The van der Waals surface area contributed by atoms with Gasteiger partial charge in [0.2, 0.25) is 0 Å². The number of H-pyrrole nitrogens is 1. The fourth-order valence-corrected chi connectivity index (χ4v) is 2.71. The predicted molar refractivity (Wildman–Crippen MR) is 63.4 cm³/mol. The Balaban J connectivity index is 2.20. The molecule has 5 heteroatoms. The van der Waals surface area contributed by atoms with E-state index in [9.17, 15) is 0 Å². The zero-order chi connectivity index (χ0) is 11.5. The Bertz CT molecular complexity index is 560. The second kappa shape index (κ2) is 2.96. The van der Waals surface area contributed by atoms with Crippen LogP contribution in [0.25, 0.3) is 11.0 Å². The summed E-state index contributed by atoms with van der Waals surface area (Å²) in [7, 11) is 0. The smallest absolute Gasteiger partial charge is 0.142 e. The van der Waals surface area contributed by atoms with E-state index in [2.05, 4.69) is 28.8 Å². The lowest BCUT2D eigenvalue weighted by Gasteiger charge is -2.01. The highest BCUT2D eigenvalue weighted by molar-refractivity contribution is 6.34. The largest absolute Gasteiger partial charge is 0.346 e. The number of nitrogens with one attached hydrogen (secondary N) is 1. The van der Waals surface area contributed by atoms with Crippen LogP contribution in [0.2, 0.25) is 5.15 Å². The number of nitrogens with two attached hydrogens (primary N) is 1. The van der Waals surface area contributed by atoms with Crippen LogP contribution in [-0.2, 0) is 0 Å². The highest BCUT2D eigenvalue weighted by atomic mass is 35.5. The molecule has 0 radical (unpaired) electrons. The molecule has 1 aliphatic carbocycles. The Morgan fingerprint density at radius 2 is 2.12 bits per heavy atom. The predicted octanol–water partition coefficient (Wildman–Crippen LogP) is 2.06. The SMILES string of the molecule is CC1(C)C(N)C1c1c[nH]c2ncnc(Cl)c12. The van der Waals surface area contributed by atoms with Crippen LogP contribution in [-0.4, -0.2) is 21.0 Å². The summed E-state index contributed by atoms with van der Waals surface area (Å²) in [5, 5.41) is 1.41. The molecule has 0 bridgehead atoms. The summed E-state index contributed by atoms with van der Waals surface area (Å²) in [6.45, 7) is 4.33. The van der Waals surface area contributed by atoms with Crippen molar-refractivity contribution < 1.29 is 0 Å². The molecular formula is C11H13ClN4. The van der Waals surface area contributed by atoms with Crippen LogP contribution in [0, 0.1) is 5.41 Å². The summed E-state index contributed by atoms with van der Waals surface area (Å²) in [4.78, 5) is 11.3. The van der Waals surface area contributed by atoms with Crippen molar-refractivity contribution in [1.29, 1.82) is 0 Å². The average Bonchev–Trinajstić information content (AvgIpc) is 2.63. The lowest BCUT2D eigenvalue weighted by molar-refractivity contribution is 0.600. The summed E-state index contributed by atoms with van der Waals surface area (Å²) in [6.07, 6.45) is 3.41. The van der Waals surface area contributed by atoms with Crippen molar-refractivity contribution in [2.24, 2.45) is 11.1 Å². The molecule has 2 heterocycles. The Morgan fingerprint density at radius 1 is 1.44 bits per heavy atom. The molecule has 2 unspecified atom stereocenters. The zero-order valence-electron chi connectivity index (χ0n) is 9.16.